The number of ketones is 2. The van der Waals surface area contributed by atoms with Crippen molar-refractivity contribution in [2.45, 2.75) is 13.8 Å². The van der Waals surface area contributed by atoms with Crippen LogP contribution in [0, 0.1) is 0 Å². The van der Waals surface area contributed by atoms with E-state index in [9.17, 15) is 9.59 Å². The molecule has 0 bridgehead atoms. The van der Waals surface area contributed by atoms with Crippen LogP contribution in [-0.4, -0.2) is 38.0 Å². The average Bonchev–Trinajstić information content (AvgIpc) is 2.24. The minimum Gasteiger partial charge on any atom is -0.371 e. The molecule has 0 aliphatic rings. The van der Waals surface area contributed by atoms with Crippen molar-refractivity contribution in [2.24, 2.45) is 0 Å². The molecule has 0 aliphatic carbocycles. The van der Waals surface area contributed by atoms with Gasteiger partial charge in [0.1, 0.15) is 13.2 Å². The third-order valence-electron chi connectivity index (χ3n) is 1.57. The standard InChI is InChI=1S/C12H18O4/c1-3-5-11(13)9-15-7-8-16-10-12(14)6-4-2/h3-6H,7-10H2,1-2H3/b5-3+,6-4+. The second-order valence-corrected chi connectivity index (χ2v) is 3.04. The lowest BCUT2D eigenvalue weighted by Gasteiger charge is -2.02. The van der Waals surface area contributed by atoms with Gasteiger partial charge in [-0.15, -0.1) is 0 Å². The number of carbonyl (C=O) groups excluding carboxylic acids is 2. The van der Waals surface area contributed by atoms with Gasteiger partial charge in [-0.25, -0.2) is 0 Å². The van der Waals surface area contributed by atoms with Gasteiger partial charge in [0.25, 0.3) is 0 Å². The van der Waals surface area contributed by atoms with Gasteiger partial charge in [0, 0.05) is 0 Å². The van der Waals surface area contributed by atoms with Crippen molar-refractivity contribution in [3.63, 3.8) is 0 Å². The van der Waals surface area contributed by atoms with E-state index in [1.54, 1.807) is 26.0 Å². The van der Waals surface area contributed by atoms with Crippen molar-refractivity contribution in [3.8, 4) is 0 Å². The number of rotatable bonds is 9. The highest BCUT2D eigenvalue weighted by Gasteiger charge is 1.98. The topological polar surface area (TPSA) is 52.6 Å². The van der Waals surface area contributed by atoms with Gasteiger partial charge < -0.3 is 9.47 Å². The maximum Gasteiger partial charge on any atom is 0.180 e. The predicted octanol–water partition coefficient (Wildman–Crippen LogP) is 1.31. The van der Waals surface area contributed by atoms with Crippen LogP contribution < -0.4 is 0 Å². The van der Waals surface area contributed by atoms with Crippen molar-refractivity contribution in [1.29, 1.82) is 0 Å². The Labute approximate surface area is 95.9 Å². The maximum atomic E-state index is 11.0. The molecule has 0 saturated heterocycles. The van der Waals surface area contributed by atoms with E-state index in [0.717, 1.165) is 0 Å². The van der Waals surface area contributed by atoms with Gasteiger partial charge in [0.15, 0.2) is 11.6 Å². The first-order valence-corrected chi connectivity index (χ1v) is 5.17. The Bertz CT molecular complexity index is 238. The Morgan fingerprint density at radius 3 is 1.56 bits per heavy atom. The molecular weight excluding hydrogens is 208 g/mol. The lowest BCUT2D eigenvalue weighted by Crippen LogP contribution is -2.13. The Hall–Kier alpha value is -1.26. The quantitative estimate of drug-likeness (QED) is 0.439. The first-order chi connectivity index (χ1) is 7.70. The monoisotopic (exact) mass is 226 g/mol. The van der Waals surface area contributed by atoms with Gasteiger partial charge in [0.2, 0.25) is 0 Å². The molecule has 0 N–H and O–H groups in total. The van der Waals surface area contributed by atoms with Gasteiger partial charge >= 0.3 is 0 Å². The Morgan fingerprint density at radius 2 is 1.25 bits per heavy atom. The fourth-order valence-corrected chi connectivity index (χ4v) is 0.931. The molecule has 0 aromatic heterocycles. The number of hydrogen-bond acceptors (Lipinski definition) is 4. The highest BCUT2D eigenvalue weighted by atomic mass is 16.5. The van der Waals surface area contributed by atoms with Crippen LogP contribution in [0.5, 0.6) is 0 Å². The number of hydrogen-bond donors (Lipinski definition) is 0. The minimum atomic E-state index is -0.0764. The van der Waals surface area contributed by atoms with Crippen LogP contribution >= 0.6 is 0 Å². The molecule has 0 aliphatic heterocycles. The first-order valence-electron chi connectivity index (χ1n) is 5.17. The van der Waals surface area contributed by atoms with Crippen molar-refractivity contribution >= 4 is 11.6 Å². The van der Waals surface area contributed by atoms with Gasteiger partial charge in [-0.3, -0.25) is 9.59 Å². The van der Waals surface area contributed by atoms with E-state index in [4.69, 9.17) is 9.47 Å². The van der Waals surface area contributed by atoms with Gasteiger partial charge in [-0.05, 0) is 26.0 Å². The predicted molar refractivity (Wildman–Crippen MR) is 61.3 cm³/mol. The molecule has 0 aromatic carbocycles. The zero-order valence-electron chi connectivity index (χ0n) is 9.77. The Kier molecular flexibility index (Phi) is 9.46. The normalized spacial score (nSPS) is 11.4. The second kappa shape index (κ2) is 10.3. The third-order valence-corrected chi connectivity index (χ3v) is 1.57. The van der Waals surface area contributed by atoms with E-state index in [1.165, 1.54) is 12.2 Å². The van der Waals surface area contributed by atoms with E-state index in [-0.39, 0.29) is 24.8 Å². The van der Waals surface area contributed by atoms with Crippen LogP contribution in [-0.2, 0) is 19.1 Å². The summed E-state index contributed by atoms with van der Waals surface area (Å²) in [5.41, 5.74) is 0. The molecule has 0 aromatic rings. The van der Waals surface area contributed by atoms with E-state index >= 15 is 0 Å². The molecule has 0 heterocycles. The lowest BCUT2D eigenvalue weighted by atomic mass is 10.4. The van der Waals surface area contributed by atoms with E-state index in [0.29, 0.717) is 13.2 Å². The number of allylic oxidation sites excluding steroid dienone is 2. The van der Waals surface area contributed by atoms with Crippen molar-refractivity contribution in [2.75, 3.05) is 26.4 Å². The summed E-state index contributed by atoms with van der Waals surface area (Å²) in [6.07, 6.45) is 6.24. The van der Waals surface area contributed by atoms with Crippen molar-refractivity contribution in [1.82, 2.24) is 0 Å². The summed E-state index contributed by atoms with van der Waals surface area (Å²) >= 11 is 0. The Balaban J connectivity index is 3.34. The average molecular weight is 226 g/mol. The van der Waals surface area contributed by atoms with Crippen LogP contribution in [0.25, 0.3) is 0 Å². The van der Waals surface area contributed by atoms with E-state index < -0.39 is 0 Å². The van der Waals surface area contributed by atoms with Crippen molar-refractivity contribution < 1.29 is 19.1 Å². The van der Waals surface area contributed by atoms with Crippen LogP contribution in [0.4, 0.5) is 0 Å². The number of ether oxygens (including phenoxy) is 2. The maximum absolute atomic E-state index is 11.0. The smallest absolute Gasteiger partial charge is 0.180 e. The molecule has 0 spiro atoms. The fraction of sp³-hybridized carbons (Fsp3) is 0.500. The Morgan fingerprint density at radius 1 is 0.875 bits per heavy atom. The van der Waals surface area contributed by atoms with E-state index in [1.807, 2.05) is 0 Å². The first kappa shape index (κ1) is 14.7. The third kappa shape index (κ3) is 9.30. The summed E-state index contributed by atoms with van der Waals surface area (Å²) in [7, 11) is 0. The van der Waals surface area contributed by atoms with Crippen LogP contribution in [0.3, 0.4) is 0 Å². The molecule has 16 heavy (non-hydrogen) atoms. The minimum absolute atomic E-state index is 0.0521. The summed E-state index contributed by atoms with van der Waals surface area (Å²) in [5.74, 6) is -0.153. The molecule has 0 atom stereocenters. The molecule has 0 saturated carbocycles. The molecule has 0 fully saturated rings. The van der Waals surface area contributed by atoms with Gasteiger partial charge in [-0.2, -0.15) is 0 Å². The highest BCUT2D eigenvalue weighted by Crippen LogP contribution is 1.84. The van der Waals surface area contributed by atoms with Crippen LogP contribution in [0.1, 0.15) is 13.8 Å². The largest absolute Gasteiger partial charge is 0.371 e. The lowest BCUT2D eigenvalue weighted by molar-refractivity contribution is -0.122. The highest BCUT2D eigenvalue weighted by molar-refractivity contribution is 5.90. The zero-order chi connectivity index (χ0) is 12.2. The summed E-state index contributed by atoms with van der Waals surface area (Å²) in [4.78, 5) is 21.9. The van der Waals surface area contributed by atoms with Crippen LogP contribution in [0.15, 0.2) is 24.3 Å². The molecule has 0 unspecified atom stereocenters. The summed E-state index contributed by atoms with van der Waals surface area (Å²) in [5, 5.41) is 0. The molecule has 0 rings (SSSR count). The zero-order valence-corrected chi connectivity index (χ0v) is 9.77. The molecule has 4 nitrogen and oxygen atoms in total. The van der Waals surface area contributed by atoms with E-state index in [2.05, 4.69) is 0 Å². The van der Waals surface area contributed by atoms with Crippen molar-refractivity contribution in [3.05, 3.63) is 24.3 Å². The van der Waals surface area contributed by atoms with Gasteiger partial charge in [-0.1, -0.05) is 12.2 Å². The fourth-order valence-electron chi connectivity index (χ4n) is 0.931. The summed E-state index contributed by atoms with van der Waals surface area (Å²) < 4.78 is 10.1. The SMILES string of the molecule is C/C=C/C(=O)COCCOCC(=O)/C=C/C. The summed E-state index contributed by atoms with van der Waals surface area (Å²) in [6.45, 7) is 4.27. The second-order valence-electron chi connectivity index (χ2n) is 3.04. The molecule has 4 heteroatoms. The molecule has 0 radical (unpaired) electrons. The van der Waals surface area contributed by atoms with Gasteiger partial charge in [0.05, 0.1) is 13.2 Å². The molecule has 0 amide bonds. The number of carbonyl (C=O) groups is 2. The summed E-state index contributed by atoms with van der Waals surface area (Å²) in [6, 6.07) is 0. The molecule has 90 valence electrons. The van der Waals surface area contributed by atoms with Crippen LogP contribution in [0.2, 0.25) is 0 Å². The molecular formula is C12H18O4.